The first-order valence-corrected chi connectivity index (χ1v) is 15.8. The highest BCUT2D eigenvalue weighted by molar-refractivity contribution is 5.77. The van der Waals surface area contributed by atoms with Crippen molar-refractivity contribution in [2.45, 2.75) is 38.8 Å². The molecule has 0 aliphatic carbocycles. The third kappa shape index (κ3) is 7.64. The fourth-order valence-corrected chi connectivity index (χ4v) is 5.77. The van der Waals surface area contributed by atoms with Crippen molar-refractivity contribution < 1.29 is 24.1 Å². The van der Waals surface area contributed by atoms with Crippen LogP contribution in [0.4, 0.5) is 17.3 Å². The van der Waals surface area contributed by atoms with Gasteiger partial charge in [0.15, 0.2) is 5.82 Å². The summed E-state index contributed by atoms with van der Waals surface area (Å²) in [6, 6.07) is 14.0. The molecular weight excluding hydrogens is 588 g/mol. The number of aromatic nitrogens is 3. The molecule has 0 atom stereocenters. The predicted octanol–water partition coefficient (Wildman–Crippen LogP) is 3.07. The molecule has 2 N–H and O–H groups in total. The molecule has 3 aliphatic heterocycles. The van der Waals surface area contributed by atoms with Crippen LogP contribution in [0.25, 0.3) is 11.4 Å². The van der Waals surface area contributed by atoms with Crippen molar-refractivity contribution in [2.75, 3.05) is 76.4 Å². The van der Waals surface area contributed by atoms with Crippen LogP contribution in [-0.4, -0.2) is 114 Å². The van der Waals surface area contributed by atoms with Gasteiger partial charge >= 0.3 is 0 Å². The van der Waals surface area contributed by atoms with Crippen LogP contribution in [-0.2, 0) is 9.53 Å². The molecule has 13 nitrogen and oxygen atoms in total. The number of carbonyl (C=O) groups is 1. The largest absolute Gasteiger partial charge is 0.495 e. The number of hydrogen-bond donors (Lipinski definition) is 2. The normalized spacial score (nSPS) is 17.3. The Balaban J connectivity index is 0.00000204. The zero-order valence-electron chi connectivity index (χ0n) is 26.7. The van der Waals surface area contributed by atoms with Crippen LogP contribution in [0.1, 0.15) is 32.3 Å². The number of aliphatic hydroxyl groups is 1. The summed E-state index contributed by atoms with van der Waals surface area (Å²) >= 11 is 0. The highest BCUT2D eigenvalue weighted by atomic mass is 16.5. The van der Waals surface area contributed by atoms with Crippen LogP contribution in [0.3, 0.4) is 0 Å². The Morgan fingerprint density at radius 1 is 1.04 bits per heavy atom. The lowest BCUT2D eigenvalue weighted by atomic mass is 10.1. The molecule has 3 fully saturated rings. The molecule has 46 heavy (non-hydrogen) atoms. The Labute approximate surface area is 269 Å². The summed E-state index contributed by atoms with van der Waals surface area (Å²) in [4.78, 5) is 31.4. The standard InChI is InChI=1S/C31H36N8O5.C2H6/c1-42-28-15-23(3-4-26(28)38-12-10-37(11-13-38)24-18-43-19-24)35-31-34-20-33-30(36-31)21-2-5-27(22(14-21)16-32)44-25-6-8-39(9-7-25)29(41)17-40;1-2/h2-5,14-15,20,24-25,40H,6-13,17-19H2,1H3,(H,33,34,35,36);1-2H3. The molecule has 244 valence electrons. The smallest absolute Gasteiger partial charge is 0.248 e. The molecule has 3 aromatic rings. The fraction of sp³-hybridized carbons (Fsp3) is 0.485. The van der Waals surface area contributed by atoms with Gasteiger partial charge in [0.1, 0.15) is 36.6 Å². The topological polar surface area (TPSA) is 149 Å². The molecule has 0 bridgehead atoms. The van der Waals surface area contributed by atoms with Crippen LogP contribution in [0.15, 0.2) is 42.7 Å². The maximum Gasteiger partial charge on any atom is 0.248 e. The Kier molecular flexibility index (Phi) is 11.2. The minimum atomic E-state index is -0.491. The van der Waals surface area contributed by atoms with Crippen LogP contribution < -0.4 is 19.7 Å². The minimum absolute atomic E-state index is 0.126. The lowest BCUT2D eigenvalue weighted by Crippen LogP contribution is -2.56. The first-order chi connectivity index (χ1) is 22.5. The van der Waals surface area contributed by atoms with Gasteiger partial charge in [-0.2, -0.15) is 10.2 Å². The molecule has 6 rings (SSSR count). The molecule has 0 radical (unpaired) electrons. The highest BCUT2D eigenvalue weighted by Gasteiger charge is 2.30. The summed E-state index contributed by atoms with van der Waals surface area (Å²) in [6.07, 6.45) is 2.55. The zero-order chi connectivity index (χ0) is 32.5. The summed E-state index contributed by atoms with van der Waals surface area (Å²) in [7, 11) is 1.67. The third-order valence-corrected chi connectivity index (χ3v) is 8.38. The van der Waals surface area contributed by atoms with Gasteiger partial charge in [-0.15, -0.1) is 0 Å². The molecule has 1 aromatic heterocycles. The average molecular weight is 631 g/mol. The van der Waals surface area contributed by atoms with Crippen LogP contribution in [0.5, 0.6) is 11.5 Å². The van der Waals surface area contributed by atoms with Crippen LogP contribution >= 0.6 is 0 Å². The van der Waals surface area contributed by atoms with Gasteiger partial charge in [-0.25, -0.2) is 9.97 Å². The van der Waals surface area contributed by atoms with E-state index in [0.717, 1.165) is 56.5 Å². The van der Waals surface area contributed by atoms with E-state index in [0.29, 0.717) is 60.6 Å². The van der Waals surface area contributed by atoms with Gasteiger partial charge in [-0.3, -0.25) is 9.69 Å². The summed E-state index contributed by atoms with van der Waals surface area (Å²) in [5, 5.41) is 22.2. The lowest BCUT2D eigenvalue weighted by molar-refractivity contribution is -0.135. The molecule has 13 heteroatoms. The van der Waals surface area contributed by atoms with Crippen LogP contribution in [0.2, 0.25) is 0 Å². The first kappa shape index (κ1) is 32.9. The number of benzene rings is 2. The molecule has 1 amide bonds. The van der Waals surface area contributed by atoms with Gasteiger partial charge in [0.2, 0.25) is 11.9 Å². The monoisotopic (exact) mass is 630 g/mol. The molecule has 3 saturated heterocycles. The van der Waals surface area contributed by atoms with Gasteiger partial charge in [0.05, 0.1) is 37.6 Å². The first-order valence-electron chi connectivity index (χ1n) is 15.8. The molecule has 0 saturated carbocycles. The van der Waals surface area contributed by atoms with Gasteiger partial charge in [-0.05, 0) is 30.3 Å². The van der Waals surface area contributed by atoms with Crippen molar-refractivity contribution in [1.82, 2.24) is 24.8 Å². The maximum atomic E-state index is 11.7. The van der Waals surface area contributed by atoms with Crippen LogP contribution in [0, 0.1) is 11.3 Å². The molecule has 0 spiro atoms. The molecular formula is C33H42N8O5. The number of piperidine rings is 1. The number of ether oxygens (including phenoxy) is 3. The number of piperazine rings is 1. The molecule has 3 aliphatic rings. The van der Waals surface area contributed by atoms with Crippen molar-refractivity contribution >= 4 is 23.2 Å². The highest BCUT2D eigenvalue weighted by Crippen LogP contribution is 2.33. The van der Waals surface area contributed by atoms with Gasteiger partial charge in [-0.1, -0.05) is 13.8 Å². The Morgan fingerprint density at radius 2 is 1.80 bits per heavy atom. The SMILES string of the molecule is CC.COc1cc(Nc2ncnc(-c3ccc(OC4CCN(C(=O)CO)CC4)c(C#N)c3)n2)ccc1N1CCN(C2COC2)CC1. The van der Waals surface area contributed by atoms with E-state index in [9.17, 15) is 10.1 Å². The number of aliphatic hydroxyl groups excluding tert-OH is 1. The van der Waals surface area contributed by atoms with Gasteiger partial charge < -0.3 is 34.4 Å². The summed E-state index contributed by atoms with van der Waals surface area (Å²) < 4.78 is 17.2. The maximum absolute atomic E-state index is 11.7. The van der Waals surface area contributed by atoms with Crippen molar-refractivity contribution in [2.24, 2.45) is 0 Å². The van der Waals surface area contributed by atoms with E-state index in [1.165, 1.54) is 6.33 Å². The molecule has 2 aromatic carbocycles. The number of hydrogen-bond acceptors (Lipinski definition) is 12. The number of anilines is 3. The van der Waals surface area contributed by atoms with E-state index < -0.39 is 6.61 Å². The Hall–Kier alpha value is -4.51. The number of carbonyl (C=O) groups excluding carboxylic acids is 1. The lowest BCUT2D eigenvalue weighted by Gasteiger charge is -2.43. The Morgan fingerprint density at radius 3 is 2.46 bits per heavy atom. The van der Waals surface area contributed by atoms with E-state index in [2.05, 4.69) is 42.2 Å². The van der Waals surface area contributed by atoms with E-state index >= 15 is 0 Å². The van der Waals surface area contributed by atoms with Gasteiger partial charge in [0, 0.05) is 69.4 Å². The van der Waals surface area contributed by atoms with E-state index in [1.54, 1.807) is 24.1 Å². The number of nitrogens with one attached hydrogen (secondary N) is 1. The fourth-order valence-electron chi connectivity index (χ4n) is 5.77. The number of nitrogens with zero attached hydrogens (tertiary/aromatic N) is 7. The summed E-state index contributed by atoms with van der Waals surface area (Å²) in [5.74, 6) is 1.74. The number of rotatable bonds is 9. The number of methoxy groups -OCH3 is 1. The van der Waals surface area contributed by atoms with Crippen molar-refractivity contribution in [3.8, 4) is 29.0 Å². The van der Waals surface area contributed by atoms with Gasteiger partial charge in [0.25, 0.3) is 0 Å². The van der Waals surface area contributed by atoms with E-state index in [4.69, 9.17) is 19.3 Å². The molecule has 4 heterocycles. The van der Waals surface area contributed by atoms with Crippen molar-refractivity contribution in [3.05, 3.63) is 48.3 Å². The summed E-state index contributed by atoms with van der Waals surface area (Å²) in [5.41, 5.74) is 2.85. The quantitative estimate of drug-likeness (QED) is 0.358. The van der Waals surface area contributed by atoms with Crippen molar-refractivity contribution in [1.29, 1.82) is 5.26 Å². The van der Waals surface area contributed by atoms with Crippen molar-refractivity contribution in [3.63, 3.8) is 0 Å². The second-order valence-corrected chi connectivity index (χ2v) is 11.0. The second-order valence-electron chi connectivity index (χ2n) is 11.0. The zero-order valence-corrected chi connectivity index (χ0v) is 26.7. The average Bonchev–Trinajstić information content (AvgIpc) is 3.09. The van der Waals surface area contributed by atoms with E-state index in [1.807, 2.05) is 32.0 Å². The minimum Gasteiger partial charge on any atom is -0.495 e. The predicted molar refractivity (Wildman–Crippen MR) is 173 cm³/mol. The number of nitriles is 1. The second kappa shape index (κ2) is 15.7. The number of likely N-dealkylation sites (tertiary alicyclic amines) is 1. The Bertz CT molecular complexity index is 1510. The molecule has 0 unspecified atom stereocenters. The third-order valence-electron chi connectivity index (χ3n) is 8.38. The number of amides is 1. The van der Waals surface area contributed by atoms with E-state index in [-0.39, 0.29) is 12.0 Å². The summed E-state index contributed by atoms with van der Waals surface area (Å²) in [6.45, 7) is 10.0.